The second-order valence-electron chi connectivity index (χ2n) is 2.38. The normalized spacial score (nSPS) is 8.60. The zero-order chi connectivity index (χ0) is 8.62. The van der Waals surface area contributed by atoms with Crippen LogP contribution < -0.4 is 5.73 Å². The Hall–Kier alpha value is -0.480. The molecule has 0 aromatic rings. The molecule has 0 aliphatic carbocycles. The summed E-state index contributed by atoms with van der Waals surface area (Å²) in [5.74, 6) is 5.81. The summed E-state index contributed by atoms with van der Waals surface area (Å²) in [5, 5.41) is 0. The fourth-order valence-electron chi connectivity index (χ4n) is 0.316. The van der Waals surface area contributed by atoms with Crippen LogP contribution in [0.3, 0.4) is 0 Å². The minimum atomic E-state index is -0.310. The molecule has 0 aliphatic heterocycles. The van der Waals surface area contributed by atoms with Crippen molar-refractivity contribution in [1.29, 1.82) is 0 Å². The van der Waals surface area contributed by atoms with Gasteiger partial charge in [0.15, 0.2) is 0 Å². The molecule has 0 radical (unpaired) electrons. The summed E-state index contributed by atoms with van der Waals surface area (Å²) in [6, 6.07) is 0. The Kier molecular flexibility index (Phi) is 8.11. The molecule has 0 rings (SSSR count). The molecule has 2 N–H and O–H groups in total. The second-order valence-corrected chi connectivity index (χ2v) is 2.38. The summed E-state index contributed by atoms with van der Waals surface area (Å²) < 4.78 is 0. The average Bonchev–Trinajstić information content (AvgIpc) is 1.87. The Labute approximate surface area is 65.0 Å². The molecule has 0 saturated heterocycles. The minimum Gasteiger partial charge on any atom is -0.316 e. The van der Waals surface area contributed by atoms with Gasteiger partial charge < -0.3 is 5.73 Å². The summed E-state index contributed by atoms with van der Waals surface area (Å²) in [5.41, 5.74) is 5.24. The molecule has 0 aromatic heterocycles. The van der Waals surface area contributed by atoms with Crippen molar-refractivity contribution in [3.8, 4) is 11.8 Å². The Morgan fingerprint density at radius 3 is 1.80 bits per heavy atom. The second kappa shape index (κ2) is 6.64. The zero-order valence-corrected chi connectivity index (χ0v) is 7.78. The zero-order valence-electron chi connectivity index (χ0n) is 7.78. The van der Waals surface area contributed by atoms with Gasteiger partial charge in [-0.1, -0.05) is 26.7 Å². The molecule has 0 unspecified atom stereocenters. The van der Waals surface area contributed by atoms with Crippen LogP contribution in [0.25, 0.3) is 0 Å². The standard InChI is InChI=1S/C7H13N.C2H6/c1-4-5-6-7(2,3)8;1-2/h4,8H2,1-3H3;1-2H3. The molecule has 1 nitrogen and oxygen atoms in total. The summed E-state index contributed by atoms with van der Waals surface area (Å²) >= 11 is 0. The Morgan fingerprint density at radius 2 is 1.70 bits per heavy atom. The molecule has 0 amide bonds. The van der Waals surface area contributed by atoms with E-state index in [1.54, 1.807) is 0 Å². The van der Waals surface area contributed by atoms with E-state index in [9.17, 15) is 0 Å². The van der Waals surface area contributed by atoms with Crippen LogP contribution in [-0.2, 0) is 0 Å². The Bertz CT molecular complexity index is 109. The average molecular weight is 141 g/mol. The first-order chi connectivity index (χ1) is 4.56. The van der Waals surface area contributed by atoms with Gasteiger partial charge in [-0.15, -0.1) is 5.92 Å². The fourth-order valence-corrected chi connectivity index (χ4v) is 0.316. The summed E-state index contributed by atoms with van der Waals surface area (Å²) in [7, 11) is 0. The maximum Gasteiger partial charge on any atom is 0.0719 e. The first-order valence-electron chi connectivity index (χ1n) is 3.85. The first-order valence-corrected chi connectivity index (χ1v) is 3.85. The Morgan fingerprint density at radius 1 is 1.30 bits per heavy atom. The lowest BCUT2D eigenvalue weighted by Gasteiger charge is -2.06. The van der Waals surface area contributed by atoms with E-state index in [1.165, 1.54) is 0 Å². The topological polar surface area (TPSA) is 26.0 Å². The van der Waals surface area contributed by atoms with Crippen molar-refractivity contribution >= 4 is 0 Å². The molecule has 0 fully saturated rings. The Balaban J connectivity index is 0. The van der Waals surface area contributed by atoms with Gasteiger partial charge in [-0.25, -0.2) is 0 Å². The van der Waals surface area contributed by atoms with Crippen molar-refractivity contribution in [3.63, 3.8) is 0 Å². The van der Waals surface area contributed by atoms with E-state index in [2.05, 4.69) is 11.8 Å². The van der Waals surface area contributed by atoms with Gasteiger partial charge in [0, 0.05) is 6.42 Å². The molecule has 0 aromatic carbocycles. The quantitative estimate of drug-likeness (QED) is 0.514. The highest BCUT2D eigenvalue weighted by Gasteiger charge is 2.02. The van der Waals surface area contributed by atoms with E-state index in [0.29, 0.717) is 0 Å². The van der Waals surface area contributed by atoms with Crippen molar-refractivity contribution in [3.05, 3.63) is 0 Å². The van der Waals surface area contributed by atoms with E-state index >= 15 is 0 Å². The minimum absolute atomic E-state index is 0.310. The monoisotopic (exact) mass is 141 g/mol. The largest absolute Gasteiger partial charge is 0.316 e. The third kappa shape index (κ3) is 15.6. The maximum absolute atomic E-state index is 5.55. The SMILES string of the molecule is CC.CCC#CC(C)(C)N. The highest BCUT2D eigenvalue weighted by atomic mass is 14.7. The van der Waals surface area contributed by atoms with Gasteiger partial charge in [-0.05, 0) is 13.8 Å². The van der Waals surface area contributed by atoms with Gasteiger partial charge >= 0.3 is 0 Å². The first kappa shape index (κ1) is 12.2. The molecule has 0 aliphatic rings. The fraction of sp³-hybridized carbons (Fsp3) is 0.778. The van der Waals surface area contributed by atoms with Crippen molar-refractivity contribution in [2.45, 2.75) is 46.6 Å². The predicted octanol–water partition coefficient (Wildman–Crippen LogP) is 2.16. The van der Waals surface area contributed by atoms with E-state index in [-0.39, 0.29) is 5.54 Å². The smallest absolute Gasteiger partial charge is 0.0719 e. The number of hydrogen-bond donors (Lipinski definition) is 1. The summed E-state index contributed by atoms with van der Waals surface area (Å²) in [6.45, 7) is 9.81. The van der Waals surface area contributed by atoms with E-state index < -0.39 is 0 Å². The lowest BCUT2D eigenvalue weighted by Crippen LogP contribution is -2.29. The van der Waals surface area contributed by atoms with E-state index in [4.69, 9.17) is 5.73 Å². The molecule has 0 spiro atoms. The van der Waals surface area contributed by atoms with E-state index in [1.807, 2.05) is 34.6 Å². The van der Waals surface area contributed by atoms with Crippen LogP contribution in [0, 0.1) is 11.8 Å². The lowest BCUT2D eigenvalue weighted by molar-refractivity contribution is 0.680. The van der Waals surface area contributed by atoms with Gasteiger partial charge in [-0.2, -0.15) is 0 Å². The van der Waals surface area contributed by atoms with Crippen molar-refractivity contribution in [1.82, 2.24) is 0 Å². The molecule has 0 saturated carbocycles. The third-order valence-electron chi connectivity index (χ3n) is 0.587. The van der Waals surface area contributed by atoms with Crippen molar-refractivity contribution in [2.75, 3.05) is 0 Å². The number of nitrogens with two attached hydrogens (primary N) is 1. The van der Waals surface area contributed by atoms with Gasteiger partial charge in [0.25, 0.3) is 0 Å². The predicted molar refractivity (Wildman–Crippen MR) is 47.7 cm³/mol. The van der Waals surface area contributed by atoms with Crippen LogP contribution in [0.1, 0.15) is 41.0 Å². The van der Waals surface area contributed by atoms with Crippen LogP contribution in [0.4, 0.5) is 0 Å². The molecule has 1 heteroatoms. The van der Waals surface area contributed by atoms with Crippen LogP contribution in [0.15, 0.2) is 0 Å². The molecule has 0 heterocycles. The highest BCUT2D eigenvalue weighted by Crippen LogP contribution is 1.91. The summed E-state index contributed by atoms with van der Waals surface area (Å²) in [6.07, 6.45) is 0.890. The van der Waals surface area contributed by atoms with Crippen LogP contribution in [-0.4, -0.2) is 5.54 Å². The molecular formula is C9H19N. The van der Waals surface area contributed by atoms with Gasteiger partial charge in [-0.3, -0.25) is 0 Å². The molecular weight excluding hydrogens is 122 g/mol. The summed E-state index contributed by atoms with van der Waals surface area (Å²) in [4.78, 5) is 0. The van der Waals surface area contributed by atoms with Gasteiger partial charge in [0.2, 0.25) is 0 Å². The number of rotatable bonds is 0. The molecule has 10 heavy (non-hydrogen) atoms. The molecule has 60 valence electrons. The maximum atomic E-state index is 5.55. The number of hydrogen-bond acceptors (Lipinski definition) is 1. The lowest BCUT2D eigenvalue weighted by atomic mass is 10.1. The molecule has 0 bridgehead atoms. The van der Waals surface area contributed by atoms with E-state index in [0.717, 1.165) is 6.42 Å². The van der Waals surface area contributed by atoms with Crippen LogP contribution in [0.2, 0.25) is 0 Å². The van der Waals surface area contributed by atoms with Gasteiger partial charge in [0.05, 0.1) is 5.54 Å². The van der Waals surface area contributed by atoms with Crippen LogP contribution >= 0.6 is 0 Å². The van der Waals surface area contributed by atoms with Gasteiger partial charge in [0.1, 0.15) is 0 Å². The van der Waals surface area contributed by atoms with Crippen molar-refractivity contribution < 1.29 is 0 Å². The third-order valence-corrected chi connectivity index (χ3v) is 0.587. The molecule has 0 atom stereocenters. The highest BCUT2D eigenvalue weighted by molar-refractivity contribution is 5.11. The van der Waals surface area contributed by atoms with Crippen molar-refractivity contribution in [2.24, 2.45) is 5.73 Å². The van der Waals surface area contributed by atoms with Crippen LogP contribution in [0.5, 0.6) is 0 Å².